The second kappa shape index (κ2) is 7.34. The smallest absolute Gasteiger partial charge is 0.252 e. The normalized spacial score (nSPS) is 22.6. The summed E-state index contributed by atoms with van der Waals surface area (Å²) in [5.74, 6) is 1.41. The molecule has 1 amide bonds. The molecule has 2 N–H and O–H groups in total. The van der Waals surface area contributed by atoms with Crippen LogP contribution in [0.5, 0.6) is 0 Å². The van der Waals surface area contributed by atoms with E-state index in [9.17, 15) is 4.79 Å². The number of carbonyl (C=O) groups is 1. The molecule has 0 aromatic heterocycles. The van der Waals surface area contributed by atoms with Crippen molar-refractivity contribution >= 4 is 29.3 Å². The SMILES string of the molecule is CCSc1ccc(Cl)cc1C(=O)NC1CNCCC1C. The van der Waals surface area contributed by atoms with E-state index in [0.717, 1.165) is 30.2 Å². The van der Waals surface area contributed by atoms with E-state index >= 15 is 0 Å². The predicted molar refractivity (Wildman–Crippen MR) is 85.8 cm³/mol. The highest BCUT2D eigenvalue weighted by molar-refractivity contribution is 7.99. The zero-order valence-corrected chi connectivity index (χ0v) is 13.5. The third-order valence-corrected chi connectivity index (χ3v) is 4.82. The lowest BCUT2D eigenvalue weighted by molar-refractivity contribution is 0.0912. The van der Waals surface area contributed by atoms with Gasteiger partial charge < -0.3 is 10.6 Å². The van der Waals surface area contributed by atoms with Gasteiger partial charge in [0.2, 0.25) is 0 Å². The van der Waals surface area contributed by atoms with Crippen molar-refractivity contribution in [3.63, 3.8) is 0 Å². The molecular weight excluding hydrogens is 292 g/mol. The maximum atomic E-state index is 12.5. The summed E-state index contributed by atoms with van der Waals surface area (Å²) in [5.41, 5.74) is 0.683. The molecule has 1 aliphatic rings. The molecule has 0 radical (unpaired) electrons. The van der Waals surface area contributed by atoms with Crippen LogP contribution in [0.3, 0.4) is 0 Å². The Bertz CT molecular complexity index is 481. The monoisotopic (exact) mass is 312 g/mol. The van der Waals surface area contributed by atoms with Crippen molar-refractivity contribution in [1.82, 2.24) is 10.6 Å². The second-order valence-corrected chi connectivity index (χ2v) is 6.87. The quantitative estimate of drug-likeness (QED) is 0.839. The van der Waals surface area contributed by atoms with E-state index in [-0.39, 0.29) is 11.9 Å². The van der Waals surface area contributed by atoms with Gasteiger partial charge in [-0.25, -0.2) is 0 Å². The highest BCUT2D eigenvalue weighted by Gasteiger charge is 2.24. The van der Waals surface area contributed by atoms with Crippen molar-refractivity contribution in [2.24, 2.45) is 5.92 Å². The molecule has 1 aromatic carbocycles. The molecule has 1 fully saturated rings. The fraction of sp³-hybridized carbons (Fsp3) is 0.533. The van der Waals surface area contributed by atoms with E-state index in [4.69, 9.17) is 11.6 Å². The third kappa shape index (κ3) is 3.90. The van der Waals surface area contributed by atoms with Gasteiger partial charge in [-0.3, -0.25) is 4.79 Å². The van der Waals surface area contributed by atoms with Crippen molar-refractivity contribution < 1.29 is 4.79 Å². The minimum atomic E-state index is -0.0241. The van der Waals surface area contributed by atoms with Crippen LogP contribution in [0.2, 0.25) is 5.02 Å². The Balaban J connectivity index is 2.13. The minimum Gasteiger partial charge on any atom is -0.348 e. The van der Waals surface area contributed by atoms with E-state index < -0.39 is 0 Å². The Labute approximate surface area is 129 Å². The fourth-order valence-corrected chi connectivity index (χ4v) is 3.34. The highest BCUT2D eigenvalue weighted by Crippen LogP contribution is 2.26. The van der Waals surface area contributed by atoms with E-state index in [2.05, 4.69) is 24.5 Å². The maximum absolute atomic E-state index is 12.5. The van der Waals surface area contributed by atoms with Crippen molar-refractivity contribution in [2.45, 2.75) is 31.2 Å². The number of halogens is 1. The molecule has 20 heavy (non-hydrogen) atoms. The Hall–Kier alpha value is -0.710. The molecule has 5 heteroatoms. The largest absolute Gasteiger partial charge is 0.348 e. The number of amides is 1. The Morgan fingerprint density at radius 2 is 2.35 bits per heavy atom. The molecule has 0 aliphatic carbocycles. The van der Waals surface area contributed by atoms with Crippen LogP contribution in [-0.4, -0.2) is 30.8 Å². The van der Waals surface area contributed by atoms with E-state index in [1.165, 1.54) is 0 Å². The number of nitrogens with one attached hydrogen (secondary N) is 2. The molecule has 0 bridgehead atoms. The third-order valence-electron chi connectivity index (χ3n) is 3.63. The summed E-state index contributed by atoms with van der Waals surface area (Å²) in [6.45, 7) is 6.13. The summed E-state index contributed by atoms with van der Waals surface area (Å²) in [6.07, 6.45) is 1.09. The van der Waals surface area contributed by atoms with E-state index in [1.807, 2.05) is 12.1 Å². The first-order chi connectivity index (χ1) is 9.61. The van der Waals surface area contributed by atoms with Gasteiger partial charge in [0.05, 0.1) is 5.56 Å². The van der Waals surface area contributed by atoms with Crippen LogP contribution < -0.4 is 10.6 Å². The van der Waals surface area contributed by atoms with Crippen LogP contribution >= 0.6 is 23.4 Å². The van der Waals surface area contributed by atoms with Gasteiger partial charge in [0.15, 0.2) is 0 Å². The topological polar surface area (TPSA) is 41.1 Å². The summed E-state index contributed by atoms with van der Waals surface area (Å²) < 4.78 is 0. The first-order valence-corrected chi connectivity index (χ1v) is 8.42. The van der Waals surface area contributed by atoms with Crippen LogP contribution in [0.25, 0.3) is 0 Å². The molecule has 1 aromatic rings. The Morgan fingerprint density at radius 3 is 3.05 bits per heavy atom. The second-order valence-electron chi connectivity index (χ2n) is 5.12. The number of carbonyl (C=O) groups excluding carboxylic acids is 1. The highest BCUT2D eigenvalue weighted by atomic mass is 35.5. The summed E-state index contributed by atoms with van der Waals surface area (Å²) in [6, 6.07) is 5.71. The molecule has 0 spiro atoms. The minimum absolute atomic E-state index is 0.0241. The van der Waals surface area contributed by atoms with Gasteiger partial charge in [0.25, 0.3) is 5.91 Å². The fourth-order valence-electron chi connectivity index (χ4n) is 2.39. The van der Waals surface area contributed by atoms with Gasteiger partial charge in [0.1, 0.15) is 0 Å². The molecule has 110 valence electrons. The maximum Gasteiger partial charge on any atom is 0.252 e. The summed E-state index contributed by atoms with van der Waals surface area (Å²) in [5, 5.41) is 7.07. The molecule has 0 saturated carbocycles. The Kier molecular flexibility index (Phi) is 5.75. The van der Waals surface area contributed by atoms with E-state index in [0.29, 0.717) is 16.5 Å². The van der Waals surface area contributed by atoms with Crippen molar-refractivity contribution in [1.29, 1.82) is 0 Å². The van der Waals surface area contributed by atoms with Crippen molar-refractivity contribution in [3.8, 4) is 0 Å². The number of piperidine rings is 1. The lowest BCUT2D eigenvalue weighted by Gasteiger charge is -2.30. The van der Waals surface area contributed by atoms with Gasteiger partial charge in [-0.05, 0) is 42.8 Å². The van der Waals surface area contributed by atoms with Crippen LogP contribution in [0.1, 0.15) is 30.6 Å². The molecule has 2 unspecified atom stereocenters. The first-order valence-electron chi connectivity index (χ1n) is 7.05. The lowest BCUT2D eigenvalue weighted by atomic mass is 9.94. The lowest BCUT2D eigenvalue weighted by Crippen LogP contribution is -2.50. The van der Waals surface area contributed by atoms with Crippen molar-refractivity contribution in [3.05, 3.63) is 28.8 Å². The number of thioether (sulfide) groups is 1. The van der Waals surface area contributed by atoms with E-state index in [1.54, 1.807) is 17.8 Å². The van der Waals surface area contributed by atoms with Gasteiger partial charge >= 0.3 is 0 Å². The molecule has 3 nitrogen and oxygen atoms in total. The average Bonchev–Trinajstić information content (AvgIpc) is 2.43. The Morgan fingerprint density at radius 1 is 1.55 bits per heavy atom. The number of benzene rings is 1. The van der Waals surface area contributed by atoms with Crippen LogP contribution in [0.15, 0.2) is 23.1 Å². The van der Waals surface area contributed by atoms with Crippen molar-refractivity contribution in [2.75, 3.05) is 18.8 Å². The molecular formula is C15H21ClN2OS. The van der Waals surface area contributed by atoms with Crippen LogP contribution in [0.4, 0.5) is 0 Å². The summed E-state index contributed by atoms with van der Waals surface area (Å²) >= 11 is 7.70. The van der Waals surface area contributed by atoms with Gasteiger partial charge in [0, 0.05) is 22.5 Å². The van der Waals surface area contributed by atoms with Gasteiger partial charge in [-0.15, -0.1) is 11.8 Å². The zero-order valence-electron chi connectivity index (χ0n) is 11.9. The molecule has 2 rings (SSSR count). The summed E-state index contributed by atoms with van der Waals surface area (Å²) in [7, 11) is 0. The molecule has 1 heterocycles. The van der Waals surface area contributed by atoms with Gasteiger partial charge in [-0.2, -0.15) is 0 Å². The first kappa shape index (κ1) is 15.7. The average molecular weight is 313 g/mol. The van der Waals surface area contributed by atoms with Crippen LogP contribution in [-0.2, 0) is 0 Å². The predicted octanol–water partition coefficient (Wildman–Crippen LogP) is 3.18. The summed E-state index contributed by atoms with van der Waals surface area (Å²) in [4.78, 5) is 13.5. The number of rotatable bonds is 4. The molecule has 1 saturated heterocycles. The molecule has 1 aliphatic heterocycles. The number of hydrogen-bond donors (Lipinski definition) is 2. The standard InChI is InChI=1S/C15H21ClN2OS/c1-3-20-14-5-4-11(16)8-12(14)15(19)18-13-9-17-7-6-10(13)2/h4-5,8,10,13,17H,3,6-7,9H2,1-2H3,(H,18,19). The van der Waals surface area contributed by atoms with Gasteiger partial charge in [-0.1, -0.05) is 25.4 Å². The van der Waals surface area contributed by atoms with Crippen LogP contribution in [0, 0.1) is 5.92 Å². The zero-order chi connectivity index (χ0) is 14.5. The number of hydrogen-bond acceptors (Lipinski definition) is 3. The molecule has 2 atom stereocenters.